The largest absolute Gasteiger partial charge is 0.353 e. The molecule has 1 aliphatic rings. The lowest BCUT2D eigenvalue weighted by Gasteiger charge is -2.32. The zero-order valence-corrected chi connectivity index (χ0v) is 17.6. The van der Waals surface area contributed by atoms with E-state index in [4.69, 9.17) is 5.73 Å². The molecule has 1 aromatic heterocycles. The molecule has 1 aromatic carbocycles. The van der Waals surface area contributed by atoms with Crippen LogP contribution in [0.25, 0.3) is 0 Å². The smallest absolute Gasteiger partial charge is 0.241 e. The summed E-state index contributed by atoms with van der Waals surface area (Å²) in [5.74, 6) is -0.112. The van der Waals surface area contributed by atoms with E-state index < -0.39 is 6.04 Å². The summed E-state index contributed by atoms with van der Waals surface area (Å²) >= 11 is 1.85. The number of aryl methyl sites for hydroxylation is 1. The van der Waals surface area contributed by atoms with Crippen LogP contribution in [0.5, 0.6) is 0 Å². The number of carbonyl (C=O) groups excluding carboxylic acids is 1. The Kier molecular flexibility index (Phi) is 9.07. The number of nitrogens with two attached hydrogens (primary N) is 1. The highest BCUT2D eigenvalue weighted by Crippen LogP contribution is 2.25. The highest BCUT2D eigenvalue weighted by molar-refractivity contribution is 7.10. The van der Waals surface area contributed by atoms with E-state index in [0.29, 0.717) is 12.6 Å². The molecule has 0 radical (unpaired) electrons. The predicted molar refractivity (Wildman–Crippen MR) is 114 cm³/mol. The number of halogens is 2. The molecule has 0 aliphatic carbocycles. The molecular formula is C19H27Cl2N3OS. The molecule has 3 rings (SSSR count). The average Bonchev–Trinajstić information content (AvgIpc) is 3.07. The molecule has 2 atom stereocenters. The highest BCUT2D eigenvalue weighted by atomic mass is 35.5. The minimum atomic E-state index is -0.609. The van der Waals surface area contributed by atoms with Gasteiger partial charge in [-0.05, 0) is 42.8 Å². The third-order valence-electron chi connectivity index (χ3n) is 4.75. The van der Waals surface area contributed by atoms with Crippen LogP contribution >= 0.6 is 36.2 Å². The zero-order valence-electron chi connectivity index (χ0n) is 15.1. The molecule has 2 aromatic rings. The molecule has 144 valence electrons. The van der Waals surface area contributed by atoms with Crippen LogP contribution in [0, 0.1) is 6.92 Å². The van der Waals surface area contributed by atoms with Gasteiger partial charge in [-0.2, -0.15) is 0 Å². The number of benzene rings is 1. The number of amides is 1. The fourth-order valence-corrected chi connectivity index (χ4v) is 3.95. The Morgan fingerprint density at radius 2 is 1.96 bits per heavy atom. The summed E-state index contributed by atoms with van der Waals surface area (Å²) in [4.78, 5) is 16.2. The summed E-state index contributed by atoms with van der Waals surface area (Å²) in [5, 5.41) is 5.18. The van der Waals surface area contributed by atoms with Crippen LogP contribution < -0.4 is 11.1 Å². The van der Waals surface area contributed by atoms with Gasteiger partial charge in [0.2, 0.25) is 5.91 Å². The van der Waals surface area contributed by atoms with Gasteiger partial charge < -0.3 is 11.1 Å². The highest BCUT2D eigenvalue weighted by Gasteiger charge is 2.22. The molecule has 2 unspecified atom stereocenters. The Bertz CT molecular complexity index is 705. The number of rotatable bonds is 5. The van der Waals surface area contributed by atoms with Crippen molar-refractivity contribution in [2.75, 3.05) is 13.1 Å². The van der Waals surface area contributed by atoms with Crippen molar-refractivity contribution in [1.29, 1.82) is 0 Å². The first-order valence-corrected chi connectivity index (χ1v) is 9.31. The van der Waals surface area contributed by atoms with Crippen LogP contribution in [0.4, 0.5) is 0 Å². The number of hydrogen-bond donors (Lipinski definition) is 2. The molecular weight excluding hydrogens is 389 g/mol. The van der Waals surface area contributed by atoms with E-state index >= 15 is 0 Å². The molecule has 1 amide bonds. The summed E-state index contributed by atoms with van der Waals surface area (Å²) in [7, 11) is 0. The van der Waals surface area contributed by atoms with Crippen molar-refractivity contribution in [2.24, 2.45) is 5.73 Å². The van der Waals surface area contributed by atoms with Crippen molar-refractivity contribution in [3.63, 3.8) is 0 Å². The van der Waals surface area contributed by atoms with Gasteiger partial charge in [-0.15, -0.1) is 36.2 Å². The lowest BCUT2D eigenvalue weighted by Crippen LogP contribution is -2.45. The standard InChI is InChI=1S/C19H25N3OS.2ClH/c1-13-3-5-15(6-4-13)18(20)19(23)21-11-14(2)22-9-7-17-16(12-22)8-10-24-17;;/h3-6,8,10,14,18H,7,9,11-12,20H2,1-2H3,(H,21,23);2*1H. The number of nitrogens with one attached hydrogen (secondary N) is 1. The van der Waals surface area contributed by atoms with Crippen LogP contribution in [-0.4, -0.2) is 29.9 Å². The maximum absolute atomic E-state index is 12.3. The lowest BCUT2D eigenvalue weighted by atomic mass is 10.0. The molecule has 7 heteroatoms. The molecule has 0 spiro atoms. The minimum Gasteiger partial charge on any atom is -0.353 e. The first-order chi connectivity index (χ1) is 11.5. The van der Waals surface area contributed by atoms with Gasteiger partial charge in [0.05, 0.1) is 0 Å². The maximum Gasteiger partial charge on any atom is 0.241 e. The molecule has 4 nitrogen and oxygen atoms in total. The Morgan fingerprint density at radius 1 is 1.27 bits per heavy atom. The summed E-state index contributed by atoms with van der Waals surface area (Å²) in [5.41, 5.74) is 9.53. The molecule has 26 heavy (non-hydrogen) atoms. The second kappa shape index (κ2) is 10.3. The van der Waals surface area contributed by atoms with Crippen LogP contribution in [0.1, 0.15) is 34.5 Å². The number of thiophene rings is 1. The minimum absolute atomic E-state index is 0. The monoisotopic (exact) mass is 415 g/mol. The fourth-order valence-electron chi connectivity index (χ4n) is 3.06. The van der Waals surface area contributed by atoms with Crippen molar-refractivity contribution >= 4 is 42.1 Å². The van der Waals surface area contributed by atoms with Crippen LogP contribution in [0.15, 0.2) is 35.7 Å². The van der Waals surface area contributed by atoms with E-state index in [2.05, 4.69) is 28.6 Å². The van der Waals surface area contributed by atoms with Crippen molar-refractivity contribution in [1.82, 2.24) is 10.2 Å². The van der Waals surface area contributed by atoms with E-state index in [9.17, 15) is 4.79 Å². The quantitative estimate of drug-likeness (QED) is 0.785. The second-order valence-corrected chi connectivity index (χ2v) is 7.57. The molecule has 3 N–H and O–H groups in total. The number of hydrogen-bond acceptors (Lipinski definition) is 4. The third kappa shape index (κ3) is 5.44. The Balaban J connectivity index is 0.00000169. The normalized spacial score (nSPS) is 15.8. The van der Waals surface area contributed by atoms with Gasteiger partial charge in [-0.1, -0.05) is 29.8 Å². The van der Waals surface area contributed by atoms with E-state index in [0.717, 1.165) is 30.6 Å². The zero-order chi connectivity index (χ0) is 17.1. The first-order valence-electron chi connectivity index (χ1n) is 8.43. The fraction of sp³-hybridized carbons (Fsp3) is 0.421. The summed E-state index contributed by atoms with van der Waals surface area (Å²) in [6.45, 7) is 6.83. The Morgan fingerprint density at radius 3 is 2.65 bits per heavy atom. The summed E-state index contributed by atoms with van der Waals surface area (Å²) < 4.78 is 0. The lowest BCUT2D eigenvalue weighted by molar-refractivity contribution is -0.122. The summed E-state index contributed by atoms with van der Waals surface area (Å²) in [6, 6.07) is 9.71. The summed E-state index contributed by atoms with van der Waals surface area (Å²) in [6.07, 6.45) is 1.11. The van der Waals surface area contributed by atoms with Gasteiger partial charge in [-0.3, -0.25) is 9.69 Å². The third-order valence-corrected chi connectivity index (χ3v) is 5.77. The van der Waals surface area contributed by atoms with Crippen molar-refractivity contribution in [3.8, 4) is 0 Å². The van der Waals surface area contributed by atoms with Crippen molar-refractivity contribution in [2.45, 2.75) is 38.9 Å². The van der Waals surface area contributed by atoms with Crippen LogP contribution in [0.3, 0.4) is 0 Å². The van der Waals surface area contributed by atoms with Gasteiger partial charge in [0.25, 0.3) is 0 Å². The molecule has 0 fully saturated rings. The topological polar surface area (TPSA) is 58.4 Å². The second-order valence-electron chi connectivity index (χ2n) is 6.57. The molecule has 0 saturated carbocycles. The van der Waals surface area contributed by atoms with E-state index in [-0.39, 0.29) is 30.7 Å². The van der Waals surface area contributed by atoms with Gasteiger partial charge in [0.15, 0.2) is 0 Å². The van der Waals surface area contributed by atoms with E-state index in [1.807, 2.05) is 42.5 Å². The van der Waals surface area contributed by atoms with Gasteiger partial charge in [0.1, 0.15) is 6.04 Å². The van der Waals surface area contributed by atoms with Gasteiger partial charge >= 0.3 is 0 Å². The number of carbonyl (C=O) groups is 1. The SMILES string of the molecule is Cc1ccc(C(N)C(=O)NCC(C)N2CCc3sccc3C2)cc1.Cl.Cl. The Hall–Kier alpha value is -1.11. The predicted octanol–water partition coefficient (Wildman–Crippen LogP) is 3.46. The van der Waals surface area contributed by atoms with Gasteiger partial charge in [0, 0.05) is 30.6 Å². The Labute approximate surface area is 172 Å². The van der Waals surface area contributed by atoms with Crippen molar-refractivity contribution < 1.29 is 4.79 Å². The molecule has 1 aliphatic heterocycles. The number of fused-ring (bicyclic) bond motifs is 1. The number of nitrogens with zero attached hydrogens (tertiary/aromatic N) is 1. The van der Waals surface area contributed by atoms with Crippen molar-refractivity contribution in [3.05, 3.63) is 57.3 Å². The molecule has 0 bridgehead atoms. The van der Waals surface area contributed by atoms with Gasteiger partial charge in [-0.25, -0.2) is 0 Å². The van der Waals surface area contributed by atoms with Crippen LogP contribution in [0.2, 0.25) is 0 Å². The van der Waals surface area contributed by atoms with E-state index in [1.54, 1.807) is 0 Å². The molecule has 0 saturated heterocycles. The average molecular weight is 416 g/mol. The van der Waals surface area contributed by atoms with Crippen LogP contribution in [-0.2, 0) is 17.8 Å². The first kappa shape index (κ1) is 22.9. The van der Waals surface area contributed by atoms with E-state index in [1.165, 1.54) is 10.4 Å². The molecule has 2 heterocycles. The maximum atomic E-state index is 12.3.